The predicted octanol–water partition coefficient (Wildman–Crippen LogP) is 4.13. The van der Waals surface area contributed by atoms with Crippen LogP contribution in [0.1, 0.15) is 16.4 Å². The van der Waals surface area contributed by atoms with Crippen molar-refractivity contribution in [1.29, 1.82) is 0 Å². The summed E-state index contributed by atoms with van der Waals surface area (Å²) in [5.74, 6) is -0.365. The molecule has 1 aliphatic rings. The summed E-state index contributed by atoms with van der Waals surface area (Å²) in [6.45, 7) is -0.0125. The molecule has 6 heteroatoms. The van der Waals surface area contributed by atoms with Gasteiger partial charge >= 0.3 is 0 Å². The normalized spacial score (nSPS) is 18.9. The van der Waals surface area contributed by atoms with E-state index in [0.29, 0.717) is 0 Å². The SMILES string of the molecule is O=C1C(Cl)C(c2ccccc2)N1NCC(=O)n1c2ccccc2c2ccccc21. The van der Waals surface area contributed by atoms with Gasteiger partial charge in [0.05, 0.1) is 23.6 Å². The molecular weight excluding hydrogens is 386 g/mol. The summed E-state index contributed by atoms with van der Waals surface area (Å²) in [5, 5.41) is 2.88. The quantitative estimate of drug-likeness (QED) is 0.411. The van der Waals surface area contributed by atoms with Crippen molar-refractivity contribution in [3.63, 3.8) is 0 Å². The van der Waals surface area contributed by atoms with Gasteiger partial charge in [-0.2, -0.15) is 0 Å². The zero-order chi connectivity index (χ0) is 20.0. The Balaban J connectivity index is 1.43. The first-order valence-corrected chi connectivity index (χ1v) is 9.87. The number of amides is 1. The van der Waals surface area contributed by atoms with Gasteiger partial charge < -0.3 is 0 Å². The van der Waals surface area contributed by atoms with E-state index < -0.39 is 5.38 Å². The van der Waals surface area contributed by atoms with Crippen LogP contribution in [0, 0.1) is 0 Å². The molecule has 1 saturated heterocycles. The molecule has 3 aromatic carbocycles. The molecule has 29 heavy (non-hydrogen) atoms. The van der Waals surface area contributed by atoms with Gasteiger partial charge in [0.1, 0.15) is 5.38 Å². The Morgan fingerprint density at radius 3 is 2.03 bits per heavy atom. The monoisotopic (exact) mass is 403 g/mol. The van der Waals surface area contributed by atoms with E-state index in [1.54, 1.807) is 4.57 Å². The summed E-state index contributed by atoms with van der Waals surface area (Å²) < 4.78 is 1.71. The van der Waals surface area contributed by atoms with Gasteiger partial charge in [0.25, 0.3) is 5.91 Å². The molecule has 2 unspecified atom stereocenters. The summed E-state index contributed by atoms with van der Waals surface area (Å²) in [5.41, 5.74) is 5.63. The van der Waals surface area contributed by atoms with Crippen molar-refractivity contribution < 1.29 is 9.59 Å². The molecular formula is C23H18ClN3O2. The van der Waals surface area contributed by atoms with Crippen LogP contribution in [0.4, 0.5) is 0 Å². The maximum Gasteiger partial charge on any atom is 0.257 e. The largest absolute Gasteiger partial charge is 0.279 e. The number of benzene rings is 3. The number of hydrazine groups is 1. The number of β-lactam (4-membered cyclic amide) rings is 1. The van der Waals surface area contributed by atoms with Gasteiger partial charge in [-0.15, -0.1) is 11.6 Å². The molecule has 1 fully saturated rings. The number of halogens is 1. The Bertz CT molecular complexity index is 1180. The summed E-state index contributed by atoms with van der Waals surface area (Å²) in [6.07, 6.45) is 0. The highest BCUT2D eigenvalue weighted by molar-refractivity contribution is 6.33. The zero-order valence-electron chi connectivity index (χ0n) is 15.5. The summed E-state index contributed by atoms with van der Waals surface area (Å²) in [7, 11) is 0. The van der Waals surface area contributed by atoms with Crippen molar-refractivity contribution in [3.8, 4) is 0 Å². The van der Waals surface area contributed by atoms with Crippen LogP contribution >= 0.6 is 11.6 Å². The van der Waals surface area contributed by atoms with Crippen LogP contribution in [0.25, 0.3) is 21.8 Å². The first-order valence-electron chi connectivity index (χ1n) is 9.44. The van der Waals surface area contributed by atoms with Crippen LogP contribution in [-0.4, -0.2) is 33.3 Å². The van der Waals surface area contributed by atoms with E-state index in [1.165, 1.54) is 5.01 Å². The molecule has 0 aliphatic carbocycles. The van der Waals surface area contributed by atoms with E-state index >= 15 is 0 Å². The van der Waals surface area contributed by atoms with Gasteiger partial charge in [0.2, 0.25) is 5.91 Å². The van der Waals surface area contributed by atoms with E-state index in [0.717, 1.165) is 27.4 Å². The van der Waals surface area contributed by atoms with Crippen LogP contribution in [-0.2, 0) is 4.79 Å². The number of hydrogen-bond acceptors (Lipinski definition) is 3. The number of hydrogen-bond donors (Lipinski definition) is 1. The van der Waals surface area contributed by atoms with Crippen molar-refractivity contribution in [2.24, 2.45) is 0 Å². The number of carbonyl (C=O) groups is 2. The Kier molecular flexibility index (Phi) is 4.34. The van der Waals surface area contributed by atoms with E-state index in [1.807, 2.05) is 78.9 Å². The second-order valence-electron chi connectivity index (χ2n) is 7.06. The fraction of sp³-hybridized carbons (Fsp3) is 0.130. The molecule has 1 aromatic heterocycles. The molecule has 2 heterocycles. The molecule has 1 N–H and O–H groups in total. The maximum absolute atomic E-state index is 13.1. The number of nitrogens with one attached hydrogen (secondary N) is 1. The molecule has 2 atom stereocenters. The number of para-hydroxylation sites is 2. The van der Waals surface area contributed by atoms with E-state index in [4.69, 9.17) is 11.6 Å². The lowest BCUT2D eigenvalue weighted by Gasteiger charge is -2.44. The van der Waals surface area contributed by atoms with Gasteiger partial charge in [-0.3, -0.25) is 19.2 Å². The fourth-order valence-corrected chi connectivity index (χ4v) is 4.38. The van der Waals surface area contributed by atoms with E-state index in [-0.39, 0.29) is 24.4 Å². The summed E-state index contributed by atoms with van der Waals surface area (Å²) in [6, 6.07) is 24.9. The fourth-order valence-electron chi connectivity index (χ4n) is 4.02. The van der Waals surface area contributed by atoms with Crippen LogP contribution in [0.2, 0.25) is 0 Å². The first-order chi connectivity index (χ1) is 14.2. The first kappa shape index (κ1) is 17.9. The zero-order valence-corrected chi connectivity index (χ0v) is 16.2. The third-order valence-electron chi connectivity index (χ3n) is 5.40. The average Bonchev–Trinajstić information content (AvgIpc) is 3.11. The minimum absolute atomic E-state index is 0.0125. The van der Waals surface area contributed by atoms with E-state index in [9.17, 15) is 9.59 Å². The number of carbonyl (C=O) groups excluding carboxylic acids is 2. The second kappa shape index (κ2) is 7.03. The molecule has 1 aliphatic heterocycles. The van der Waals surface area contributed by atoms with E-state index in [2.05, 4.69) is 5.43 Å². The van der Waals surface area contributed by atoms with Crippen LogP contribution < -0.4 is 5.43 Å². The lowest BCUT2D eigenvalue weighted by molar-refractivity contribution is -0.150. The summed E-state index contributed by atoms with van der Waals surface area (Å²) >= 11 is 6.24. The smallest absolute Gasteiger partial charge is 0.257 e. The van der Waals surface area contributed by atoms with Gasteiger partial charge in [-0.1, -0.05) is 66.7 Å². The number of fused-ring (bicyclic) bond motifs is 3. The third-order valence-corrected chi connectivity index (χ3v) is 5.83. The number of rotatable bonds is 4. The molecule has 4 aromatic rings. The topological polar surface area (TPSA) is 54.3 Å². The molecule has 0 spiro atoms. The Hall–Kier alpha value is -3.15. The molecule has 5 nitrogen and oxygen atoms in total. The molecule has 0 radical (unpaired) electrons. The molecule has 1 amide bonds. The third kappa shape index (κ3) is 2.82. The number of nitrogens with zero attached hydrogens (tertiary/aromatic N) is 2. The Morgan fingerprint density at radius 2 is 1.41 bits per heavy atom. The number of alkyl halides is 1. The maximum atomic E-state index is 13.1. The minimum Gasteiger partial charge on any atom is -0.279 e. The highest BCUT2D eigenvalue weighted by Gasteiger charge is 2.47. The predicted molar refractivity (Wildman–Crippen MR) is 114 cm³/mol. The highest BCUT2D eigenvalue weighted by Crippen LogP contribution is 2.37. The molecule has 144 valence electrons. The van der Waals surface area contributed by atoms with Crippen molar-refractivity contribution in [2.75, 3.05) is 6.54 Å². The number of aromatic nitrogens is 1. The average molecular weight is 404 g/mol. The van der Waals surface area contributed by atoms with Crippen LogP contribution in [0.3, 0.4) is 0 Å². The molecule has 0 bridgehead atoms. The molecule has 0 saturated carbocycles. The van der Waals surface area contributed by atoms with Gasteiger partial charge in [-0.05, 0) is 17.7 Å². The Labute approximate surface area is 172 Å². The van der Waals surface area contributed by atoms with Crippen LogP contribution in [0.15, 0.2) is 78.9 Å². The molecule has 5 rings (SSSR count). The Morgan fingerprint density at radius 1 is 0.862 bits per heavy atom. The van der Waals surface area contributed by atoms with Crippen LogP contribution in [0.5, 0.6) is 0 Å². The van der Waals surface area contributed by atoms with Crippen molar-refractivity contribution in [2.45, 2.75) is 11.4 Å². The van der Waals surface area contributed by atoms with Gasteiger partial charge in [-0.25, -0.2) is 5.43 Å². The second-order valence-corrected chi connectivity index (χ2v) is 7.53. The lowest BCUT2D eigenvalue weighted by Crippen LogP contribution is -2.62. The minimum atomic E-state index is -0.631. The van der Waals surface area contributed by atoms with Crippen molar-refractivity contribution in [1.82, 2.24) is 15.0 Å². The summed E-state index contributed by atoms with van der Waals surface area (Å²) in [4.78, 5) is 25.4. The van der Waals surface area contributed by atoms with Gasteiger partial charge in [0.15, 0.2) is 0 Å². The van der Waals surface area contributed by atoms with Crippen molar-refractivity contribution in [3.05, 3.63) is 84.4 Å². The lowest BCUT2D eigenvalue weighted by atomic mass is 9.95. The highest BCUT2D eigenvalue weighted by atomic mass is 35.5. The van der Waals surface area contributed by atoms with Crippen molar-refractivity contribution >= 4 is 45.2 Å². The standard InChI is InChI=1S/C23H18ClN3O2/c24-21-22(15-8-2-1-3-9-15)27(23(21)29)25-14-20(28)26-18-12-6-4-10-16(18)17-11-5-7-13-19(17)26/h1-13,21-22,25H,14H2. The van der Waals surface area contributed by atoms with Gasteiger partial charge in [0, 0.05) is 10.8 Å².